The monoisotopic (exact) mass is 395 g/mol. The minimum Gasteiger partial charge on any atom is -0.365 e. The van der Waals surface area contributed by atoms with Crippen LogP contribution < -0.4 is 16.4 Å². The Morgan fingerprint density at radius 3 is 2.31 bits per heavy atom. The highest BCUT2D eigenvalue weighted by atomic mass is 32.1. The van der Waals surface area contributed by atoms with Crippen LogP contribution in [0.4, 0.5) is 5.00 Å². The number of nitrogens with one attached hydrogen (secondary N) is 2. The van der Waals surface area contributed by atoms with Gasteiger partial charge in [0, 0.05) is 10.3 Å². The van der Waals surface area contributed by atoms with E-state index < -0.39 is 11.3 Å². The first-order valence-electron chi connectivity index (χ1n) is 8.87. The Labute approximate surface area is 165 Å². The molecule has 26 heavy (non-hydrogen) atoms. The zero-order valence-electron chi connectivity index (χ0n) is 16.4. The Balaban J connectivity index is 2.25. The number of hydrogen-bond donors (Lipinski definition) is 3. The van der Waals surface area contributed by atoms with Crippen molar-refractivity contribution in [2.75, 3.05) is 5.32 Å². The molecule has 1 aliphatic rings. The fourth-order valence-corrected chi connectivity index (χ4v) is 4.70. The molecule has 4 N–H and O–H groups in total. The number of carbonyl (C=O) groups excluding carboxylic acids is 2. The van der Waals surface area contributed by atoms with Gasteiger partial charge >= 0.3 is 0 Å². The van der Waals surface area contributed by atoms with Crippen molar-refractivity contribution in [2.24, 2.45) is 22.5 Å². The maximum Gasteiger partial charge on any atom is 0.251 e. The van der Waals surface area contributed by atoms with Crippen LogP contribution in [0.1, 0.15) is 68.8 Å². The number of amides is 2. The van der Waals surface area contributed by atoms with Gasteiger partial charge in [-0.3, -0.25) is 9.59 Å². The molecule has 1 aromatic heterocycles. The lowest BCUT2D eigenvalue weighted by Crippen LogP contribution is -2.41. The average Bonchev–Trinajstić information content (AvgIpc) is 2.81. The van der Waals surface area contributed by atoms with E-state index in [-0.39, 0.29) is 16.4 Å². The highest BCUT2D eigenvalue weighted by Crippen LogP contribution is 2.44. The molecule has 1 heterocycles. The van der Waals surface area contributed by atoms with Crippen molar-refractivity contribution in [3.8, 4) is 0 Å². The van der Waals surface area contributed by atoms with E-state index in [4.69, 9.17) is 18.0 Å². The molecule has 1 aliphatic carbocycles. The topological polar surface area (TPSA) is 84.2 Å². The van der Waals surface area contributed by atoms with E-state index in [1.807, 2.05) is 20.8 Å². The van der Waals surface area contributed by atoms with E-state index in [9.17, 15) is 9.59 Å². The van der Waals surface area contributed by atoms with E-state index in [1.165, 1.54) is 16.2 Å². The lowest BCUT2D eigenvalue weighted by Gasteiger charge is -2.33. The Hall–Kier alpha value is -1.47. The van der Waals surface area contributed by atoms with Crippen LogP contribution in [0.15, 0.2) is 0 Å². The van der Waals surface area contributed by atoms with Crippen LogP contribution in [0.5, 0.6) is 0 Å². The number of rotatable bonds is 2. The molecule has 0 fully saturated rings. The van der Waals surface area contributed by atoms with Crippen molar-refractivity contribution in [3.63, 3.8) is 0 Å². The lowest BCUT2D eigenvalue weighted by molar-refractivity contribution is -0.126. The van der Waals surface area contributed by atoms with Crippen molar-refractivity contribution in [2.45, 2.75) is 60.8 Å². The van der Waals surface area contributed by atoms with Crippen molar-refractivity contribution in [1.82, 2.24) is 5.32 Å². The Kier molecular flexibility index (Phi) is 5.83. The highest BCUT2D eigenvalue weighted by Gasteiger charge is 2.33. The van der Waals surface area contributed by atoms with Gasteiger partial charge < -0.3 is 16.4 Å². The number of primary amides is 1. The summed E-state index contributed by atoms with van der Waals surface area (Å²) in [4.78, 5) is 25.4. The van der Waals surface area contributed by atoms with Crippen molar-refractivity contribution in [1.29, 1.82) is 0 Å². The van der Waals surface area contributed by atoms with Gasteiger partial charge in [0.1, 0.15) is 5.00 Å². The maximum atomic E-state index is 12.1. The third-order valence-corrected chi connectivity index (χ3v) is 6.25. The molecule has 7 heteroatoms. The molecule has 0 aromatic carbocycles. The first kappa shape index (κ1) is 20.8. The SMILES string of the molecule is CC(C)(C)C(=O)NC(=S)Nc1sc2c(c1C(N)=O)CC[C@@H](C(C)(C)C)C2. The molecule has 0 spiro atoms. The van der Waals surface area contributed by atoms with E-state index >= 15 is 0 Å². The summed E-state index contributed by atoms with van der Waals surface area (Å²) in [5.41, 5.74) is 6.87. The fourth-order valence-electron chi connectivity index (χ4n) is 3.10. The van der Waals surface area contributed by atoms with Gasteiger partial charge in [0.15, 0.2) is 5.11 Å². The molecule has 144 valence electrons. The number of thiophene rings is 1. The van der Waals surface area contributed by atoms with E-state index in [0.717, 1.165) is 24.8 Å². The Morgan fingerprint density at radius 2 is 1.81 bits per heavy atom. The van der Waals surface area contributed by atoms with Gasteiger partial charge in [-0.25, -0.2) is 0 Å². The fraction of sp³-hybridized carbons (Fsp3) is 0.632. The largest absolute Gasteiger partial charge is 0.365 e. The number of fused-ring (bicyclic) bond motifs is 1. The molecule has 0 radical (unpaired) electrons. The maximum absolute atomic E-state index is 12.1. The summed E-state index contributed by atoms with van der Waals surface area (Å²) in [6.07, 6.45) is 2.82. The summed E-state index contributed by atoms with van der Waals surface area (Å²) >= 11 is 6.78. The van der Waals surface area contributed by atoms with Crippen molar-refractivity contribution < 1.29 is 9.59 Å². The van der Waals surface area contributed by atoms with Crippen LogP contribution in [0.25, 0.3) is 0 Å². The van der Waals surface area contributed by atoms with Crippen LogP contribution >= 0.6 is 23.6 Å². The molecule has 2 amide bonds. The molecular formula is C19H29N3O2S2. The summed E-state index contributed by atoms with van der Waals surface area (Å²) in [6.45, 7) is 12.2. The zero-order chi connectivity index (χ0) is 19.9. The third kappa shape index (κ3) is 4.62. The second-order valence-corrected chi connectivity index (χ2v) is 10.5. The summed E-state index contributed by atoms with van der Waals surface area (Å²) in [6, 6.07) is 0. The second kappa shape index (κ2) is 7.27. The molecular weight excluding hydrogens is 366 g/mol. The molecule has 1 atom stereocenters. The highest BCUT2D eigenvalue weighted by molar-refractivity contribution is 7.80. The van der Waals surface area contributed by atoms with Gasteiger partial charge in [-0.1, -0.05) is 41.5 Å². The summed E-state index contributed by atoms with van der Waals surface area (Å²) in [5, 5.41) is 6.54. The number of nitrogens with two attached hydrogens (primary N) is 1. The molecule has 5 nitrogen and oxygen atoms in total. The van der Waals surface area contributed by atoms with Crippen LogP contribution in [0.2, 0.25) is 0 Å². The summed E-state index contributed by atoms with van der Waals surface area (Å²) in [5.74, 6) is -0.0660. The minimum absolute atomic E-state index is 0.176. The molecule has 0 saturated carbocycles. The second-order valence-electron chi connectivity index (χ2n) is 9.04. The van der Waals surface area contributed by atoms with Crippen LogP contribution in [-0.2, 0) is 17.6 Å². The normalized spacial score (nSPS) is 17.4. The summed E-state index contributed by atoms with van der Waals surface area (Å²) in [7, 11) is 0. The zero-order valence-corrected chi connectivity index (χ0v) is 18.0. The third-order valence-electron chi connectivity index (χ3n) is 4.87. The number of hydrogen-bond acceptors (Lipinski definition) is 4. The molecule has 2 rings (SSSR count). The molecule has 0 saturated heterocycles. The molecule has 0 unspecified atom stereocenters. The molecule has 1 aromatic rings. The Bertz CT molecular complexity index is 739. The van der Waals surface area contributed by atoms with Crippen LogP contribution in [-0.4, -0.2) is 16.9 Å². The van der Waals surface area contributed by atoms with Gasteiger partial charge in [-0.15, -0.1) is 11.3 Å². The van der Waals surface area contributed by atoms with E-state index in [1.54, 1.807) is 0 Å². The predicted octanol–water partition coefficient (Wildman–Crippen LogP) is 3.86. The Morgan fingerprint density at radius 1 is 1.19 bits per heavy atom. The van der Waals surface area contributed by atoms with Gasteiger partial charge in [-0.2, -0.15) is 0 Å². The van der Waals surface area contributed by atoms with Crippen LogP contribution in [0.3, 0.4) is 0 Å². The number of carbonyl (C=O) groups is 2. The van der Waals surface area contributed by atoms with Crippen molar-refractivity contribution >= 4 is 45.5 Å². The molecule has 0 bridgehead atoms. The lowest BCUT2D eigenvalue weighted by atomic mass is 9.72. The van der Waals surface area contributed by atoms with Crippen LogP contribution in [0, 0.1) is 16.7 Å². The van der Waals surface area contributed by atoms with E-state index in [2.05, 4.69) is 31.4 Å². The van der Waals surface area contributed by atoms with Crippen molar-refractivity contribution in [3.05, 3.63) is 16.0 Å². The number of thiocarbonyl (C=S) groups is 1. The van der Waals surface area contributed by atoms with Gasteiger partial charge in [0.25, 0.3) is 5.91 Å². The smallest absolute Gasteiger partial charge is 0.251 e. The van der Waals surface area contributed by atoms with Gasteiger partial charge in [-0.05, 0) is 48.4 Å². The molecule has 0 aliphatic heterocycles. The number of anilines is 1. The van der Waals surface area contributed by atoms with Gasteiger partial charge in [0.05, 0.1) is 5.56 Å². The standard InChI is InChI=1S/C19H29N3O2S2/c1-18(2,3)10-7-8-11-12(9-10)26-15(13(11)14(20)23)21-17(25)22-16(24)19(4,5)6/h10H,7-9H2,1-6H3,(H2,20,23)(H2,21,22,24,25)/t10-/m1/s1. The van der Waals surface area contributed by atoms with E-state index in [0.29, 0.717) is 16.5 Å². The first-order valence-corrected chi connectivity index (χ1v) is 10.1. The minimum atomic E-state index is -0.549. The average molecular weight is 396 g/mol. The summed E-state index contributed by atoms with van der Waals surface area (Å²) < 4.78 is 0. The quantitative estimate of drug-likeness (QED) is 0.664. The van der Waals surface area contributed by atoms with Gasteiger partial charge in [0.2, 0.25) is 5.91 Å². The predicted molar refractivity (Wildman–Crippen MR) is 112 cm³/mol. The first-order chi connectivity index (χ1) is 11.8.